The summed E-state index contributed by atoms with van der Waals surface area (Å²) in [5.41, 5.74) is 1.66. The van der Waals surface area contributed by atoms with Gasteiger partial charge < -0.3 is 15.7 Å². The molecule has 1 aliphatic carbocycles. The minimum absolute atomic E-state index is 0.00286. The number of hydrogen-bond donors (Lipinski definition) is 3. The Bertz CT molecular complexity index is 737. The molecule has 3 N–H and O–H groups in total. The van der Waals surface area contributed by atoms with E-state index in [1.54, 1.807) is 12.4 Å². The standard InChI is InChI=1S/C17H24N6O2/c1-17(2,3)23-15(20-13-6-7-18-19-10-13)9-14(22-23)11-4-5-12(8-11)21-16(24)25/h6-7,9-12,21H,4-5,8H2,1-3H3,(H,18,20)(H,24,25). The van der Waals surface area contributed by atoms with E-state index in [1.807, 2.05) is 10.7 Å². The number of amides is 1. The lowest BCUT2D eigenvalue weighted by Gasteiger charge is -2.22. The zero-order valence-electron chi connectivity index (χ0n) is 14.7. The summed E-state index contributed by atoms with van der Waals surface area (Å²) < 4.78 is 1.97. The number of hydrogen-bond acceptors (Lipinski definition) is 5. The molecule has 2 heterocycles. The van der Waals surface area contributed by atoms with Crippen molar-refractivity contribution in [3.05, 3.63) is 30.2 Å². The molecule has 2 aromatic heterocycles. The quantitative estimate of drug-likeness (QED) is 0.787. The maximum Gasteiger partial charge on any atom is 0.404 e. The topological polar surface area (TPSA) is 105 Å². The van der Waals surface area contributed by atoms with Crippen LogP contribution in [0.5, 0.6) is 0 Å². The molecule has 0 saturated heterocycles. The van der Waals surface area contributed by atoms with E-state index < -0.39 is 6.09 Å². The van der Waals surface area contributed by atoms with Crippen molar-refractivity contribution >= 4 is 17.6 Å². The Morgan fingerprint density at radius 1 is 1.32 bits per heavy atom. The summed E-state index contributed by atoms with van der Waals surface area (Å²) in [6.45, 7) is 6.30. The van der Waals surface area contributed by atoms with Crippen LogP contribution in [0.25, 0.3) is 0 Å². The van der Waals surface area contributed by atoms with E-state index in [4.69, 9.17) is 10.2 Å². The summed E-state index contributed by atoms with van der Waals surface area (Å²) in [4.78, 5) is 10.8. The summed E-state index contributed by atoms with van der Waals surface area (Å²) in [6.07, 6.45) is 4.91. The average molecular weight is 344 g/mol. The van der Waals surface area contributed by atoms with Gasteiger partial charge in [0.15, 0.2) is 0 Å². The van der Waals surface area contributed by atoms with Crippen LogP contribution in [0.3, 0.4) is 0 Å². The van der Waals surface area contributed by atoms with Crippen molar-refractivity contribution in [2.24, 2.45) is 0 Å². The van der Waals surface area contributed by atoms with E-state index in [9.17, 15) is 4.79 Å². The molecule has 0 spiro atoms. The van der Waals surface area contributed by atoms with Crippen LogP contribution in [0, 0.1) is 0 Å². The van der Waals surface area contributed by atoms with Crippen molar-refractivity contribution in [3.8, 4) is 0 Å². The Balaban J connectivity index is 1.83. The van der Waals surface area contributed by atoms with Crippen molar-refractivity contribution in [1.29, 1.82) is 0 Å². The maximum atomic E-state index is 10.8. The summed E-state index contributed by atoms with van der Waals surface area (Å²) in [7, 11) is 0. The van der Waals surface area contributed by atoms with Gasteiger partial charge >= 0.3 is 6.09 Å². The van der Waals surface area contributed by atoms with Crippen LogP contribution >= 0.6 is 0 Å². The highest BCUT2D eigenvalue weighted by Gasteiger charge is 2.30. The van der Waals surface area contributed by atoms with Gasteiger partial charge in [-0.05, 0) is 46.1 Å². The fourth-order valence-electron chi connectivity index (χ4n) is 3.27. The highest BCUT2D eigenvalue weighted by atomic mass is 16.4. The van der Waals surface area contributed by atoms with Gasteiger partial charge in [0.25, 0.3) is 0 Å². The van der Waals surface area contributed by atoms with E-state index >= 15 is 0 Å². The molecule has 2 aromatic rings. The van der Waals surface area contributed by atoms with Crippen molar-refractivity contribution in [3.63, 3.8) is 0 Å². The molecule has 2 unspecified atom stereocenters. The van der Waals surface area contributed by atoms with Gasteiger partial charge in [0.2, 0.25) is 0 Å². The summed E-state index contributed by atoms with van der Waals surface area (Å²) in [6, 6.07) is 3.91. The van der Waals surface area contributed by atoms with Gasteiger partial charge in [-0.2, -0.15) is 15.3 Å². The number of nitrogens with zero attached hydrogens (tertiary/aromatic N) is 4. The smallest absolute Gasteiger partial charge is 0.404 e. The van der Waals surface area contributed by atoms with Crippen LogP contribution in [0.2, 0.25) is 0 Å². The molecule has 2 atom stereocenters. The SMILES string of the molecule is CC(C)(C)n1nc(C2CCC(NC(=O)O)C2)cc1Nc1ccnnc1. The van der Waals surface area contributed by atoms with Gasteiger partial charge in [-0.3, -0.25) is 0 Å². The van der Waals surface area contributed by atoms with Gasteiger partial charge in [0.1, 0.15) is 5.82 Å². The second-order valence-electron chi connectivity index (χ2n) is 7.45. The van der Waals surface area contributed by atoms with Crippen molar-refractivity contribution < 1.29 is 9.90 Å². The first-order valence-electron chi connectivity index (χ1n) is 8.46. The second-order valence-corrected chi connectivity index (χ2v) is 7.45. The van der Waals surface area contributed by atoms with Crippen molar-refractivity contribution in [2.45, 2.75) is 57.5 Å². The number of nitrogens with one attached hydrogen (secondary N) is 2. The molecule has 8 nitrogen and oxygen atoms in total. The molecule has 1 fully saturated rings. The Morgan fingerprint density at radius 2 is 2.12 bits per heavy atom. The third kappa shape index (κ3) is 4.07. The molecule has 25 heavy (non-hydrogen) atoms. The molecule has 1 saturated carbocycles. The third-order valence-corrected chi connectivity index (χ3v) is 4.40. The lowest BCUT2D eigenvalue weighted by Crippen LogP contribution is -2.31. The van der Waals surface area contributed by atoms with Crippen molar-refractivity contribution in [2.75, 3.05) is 5.32 Å². The van der Waals surface area contributed by atoms with Gasteiger partial charge in [-0.25, -0.2) is 9.48 Å². The fourth-order valence-corrected chi connectivity index (χ4v) is 3.27. The average Bonchev–Trinajstić information content (AvgIpc) is 3.14. The number of carbonyl (C=O) groups is 1. The molecule has 0 aliphatic heterocycles. The lowest BCUT2D eigenvalue weighted by atomic mass is 10.0. The first kappa shape index (κ1) is 17.2. The van der Waals surface area contributed by atoms with Crippen LogP contribution in [-0.2, 0) is 5.54 Å². The largest absolute Gasteiger partial charge is 0.465 e. The summed E-state index contributed by atoms with van der Waals surface area (Å²) >= 11 is 0. The predicted molar refractivity (Wildman–Crippen MR) is 94.1 cm³/mol. The Hall–Kier alpha value is -2.64. The Morgan fingerprint density at radius 3 is 2.76 bits per heavy atom. The minimum Gasteiger partial charge on any atom is -0.465 e. The normalized spacial score (nSPS) is 20.4. The molecular formula is C17H24N6O2. The van der Waals surface area contributed by atoms with Crippen LogP contribution < -0.4 is 10.6 Å². The first-order chi connectivity index (χ1) is 11.8. The molecule has 1 aliphatic rings. The molecule has 0 bridgehead atoms. The van der Waals surface area contributed by atoms with Crippen LogP contribution in [0.4, 0.5) is 16.3 Å². The second kappa shape index (κ2) is 6.70. The third-order valence-electron chi connectivity index (χ3n) is 4.40. The van der Waals surface area contributed by atoms with Gasteiger partial charge in [0, 0.05) is 18.0 Å². The van der Waals surface area contributed by atoms with Crippen LogP contribution in [-0.4, -0.2) is 37.2 Å². The van der Waals surface area contributed by atoms with Crippen LogP contribution in [0.1, 0.15) is 51.6 Å². The minimum atomic E-state index is -0.960. The highest BCUT2D eigenvalue weighted by molar-refractivity contribution is 5.65. The predicted octanol–water partition coefficient (Wildman–Crippen LogP) is 3.08. The van der Waals surface area contributed by atoms with E-state index in [0.29, 0.717) is 0 Å². The molecule has 0 aromatic carbocycles. The van der Waals surface area contributed by atoms with Crippen molar-refractivity contribution in [1.82, 2.24) is 25.3 Å². The zero-order chi connectivity index (χ0) is 18.0. The Labute approximate surface area is 146 Å². The van der Waals surface area contributed by atoms with E-state index in [2.05, 4.69) is 47.7 Å². The number of rotatable bonds is 4. The summed E-state index contributed by atoms with van der Waals surface area (Å²) in [5, 5.41) is 27.3. The zero-order valence-corrected chi connectivity index (χ0v) is 14.7. The van der Waals surface area contributed by atoms with E-state index in [0.717, 1.165) is 36.5 Å². The molecule has 8 heteroatoms. The fraction of sp³-hybridized carbons (Fsp3) is 0.529. The number of carboxylic acid groups (broad SMARTS) is 1. The van der Waals surface area contributed by atoms with Gasteiger partial charge in [0.05, 0.1) is 29.3 Å². The van der Waals surface area contributed by atoms with Crippen LogP contribution in [0.15, 0.2) is 24.5 Å². The highest BCUT2D eigenvalue weighted by Crippen LogP contribution is 2.36. The molecule has 3 rings (SSSR count). The van der Waals surface area contributed by atoms with Gasteiger partial charge in [-0.15, -0.1) is 0 Å². The molecule has 134 valence electrons. The van der Waals surface area contributed by atoms with E-state index in [-0.39, 0.29) is 17.5 Å². The lowest BCUT2D eigenvalue weighted by molar-refractivity contribution is 0.190. The monoisotopic (exact) mass is 344 g/mol. The van der Waals surface area contributed by atoms with E-state index in [1.165, 1.54) is 0 Å². The van der Waals surface area contributed by atoms with Gasteiger partial charge in [-0.1, -0.05) is 0 Å². The number of aromatic nitrogens is 4. The Kier molecular flexibility index (Phi) is 4.61. The molecular weight excluding hydrogens is 320 g/mol. The molecule has 1 amide bonds. The maximum absolute atomic E-state index is 10.8. The number of anilines is 2. The summed E-state index contributed by atoms with van der Waals surface area (Å²) in [5.74, 6) is 1.15. The molecule has 0 radical (unpaired) electrons. The first-order valence-corrected chi connectivity index (χ1v) is 8.46.